The van der Waals surface area contributed by atoms with E-state index in [-0.39, 0.29) is 0 Å². The van der Waals surface area contributed by atoms with Crippen LogP contribution in [-0.2, 0) is 6.42 Å². The Kier molecular flexibility index (Phi) is 4.29. The highest BCUT2D eigenvalue weighted by Crippen LogP contribution is 2.47. The smallest absolute Gasteiger partial charge is 0.0499 e. The zero-order chi connectivity index (χ0) is 14.1. The Labute approximate surface area is 133 Å². The molecule has 1 aliphatic rings. The lowest BCUT2D eigenvalue weighted by Crippen LogP contribution is -2.33. The standard InChI is InChI=1S/C17H20BrNS/c1-3-8-19-16(17-15(18)9-11(2)20-17)14-10-12-6-4-5-7-13(12)14/h4-7,9,14,16,19H,3,8,10H2,1-2H3. The Hall–Kier alpha value is -0.640. The fraction of sp³-hybridized carbons (Fsp3) is 0.412. The number of aryl methyl sites for hydroxylation is 1. The maximum Gasteiger partial charge on any atom is 0.0499 e. The number of hydrogen-bond donors (Lipinski definition) is 1. The van der Waals surface area contributed by atoms with Crippen molar-refractivity contribution in [3.05, 3.63) is 55.7 Å². The molecule has 106 valence electrons. The monoisotopic (exact) mass is 349 g/mol. The van der Waals surface area contributed by atoms with E-state index in [1.165, 1.54) is 38.2 Å². The van der Waals surface area contributed by atoms with Gasteiger partial charge in [-0.05, 0) is 59.4 Å². The number of hydrogen-bond acceptors (Lipinski definition) is 2. The number of halogens is 1. The van der Waals surface area contributed by atoms with Crippen molar-refractivity contribution in [3.8, 4) is 0 Å². The van der Waals surface area contributed by atoms with Crippen LogP contribution in [0.2, 0.25) is 0 Å². The van der Waals surface area contributed by atoms with Crippen LogP contribution in [0.25, 0.3) is 0 Å². The first kappa shape index (κ1) is 14.3. The van der Waals surface area contributed by atoms with Crippen molar-refractivity contribution >= 4 is 27.3 Å². The quantitative estimate of drug-likeness (QED) is 0.782. The van der Waals surface area contributed by atoms with E-state index in [4.69, 9.17) is 0 Å². The number of fused-ring (bicyclic) bond motifs is 1. The molecule has 0 spiro atoms. The number of benzene rings is 1. The van der Waals surface area contributed by atoms with E-state index in [1.807, 2.05) is 11.3 Å². The number of thiophene rings is 1. The normalized spacial score (nSPS) is 18.4. The van der Waals surface area contributed by atoms with Crippen LogP contribution < -0.4 is 5.32 Å². The molecule has 0 fully saturated rings. The third kappa shape index (κ3) is 2.59. The fourth-order valence-electron chi connectivity index (χ4n) is 3.03. The molecule has 2 atom stereocenters. The zero-order valence-corrected chi connectivity index (χ0v) is 14.4. The van der Waals surface area contributed by atoms with Crippen molar-refractivity contribution in [2.75, 3.05) is 6.54 Å². The molecule has 0 saturated carbocycles. The largest absolute Gasteiger partial charge is 0.309 e. The van der Waals surface area contributed by atoms with E-state index < -0.39 is 0 Å². The van der Waals surface area contributed by atoms with Crippen LogP contribution in [0.15, 0.2) is 34.8 Å². The third-order valence-electron chi connectivity index (χ3n) is 4.03. The van der Waals surface area contributed by atoms with Crippen molar-refractivity contribution in [1.29, 1.82) is 0 Å². The first-order valence-electron chi connectivity index (χ1n) is 7.27. The Morgan fingerprint density at radius 2 is 2.20 bits per heavy atom. The summed E-state index contributed by atoms with van der Waals surface area (Å²) in [5.41, 5.74) is 3.05. The highest BCUT2D eigenvalue weighted by molar-refractivity contribution is 9.10. The molecule has 20 heavy (non-hydrogen) atoms. The summed E-state index contributed by atoms with van der Waals surface area (Å²) >= 11 is 5.66. The molecule has 0 bridgehead atoms. The molecule has 2 unspecified atom stereocenters. The van der Waals surface area contributed by atoms with Crippen LogP contribution in [-0.4, -0.2) is 6.54 Å². The van der Waals surface area contributed by atoms with Crippen LogP contribution in [0.4, 0.5) is 0 Å². The Morgan fingerprint density at radius 1 is 1.40 bits per heavy atom. The molecule has 0 radical (unpaired) electrons. The summed E-state index contributed by atoms with van der Waals surface area (Å²) in [7, 11) is 0. The Balaban J connectivity index is 1.90. The van der Waals surface area contributed by atoms with Crippen LogP contribution in [0.3, 0.4) is 0 Å². The molecule has 0 saturated heterocycles. The summed E-state index contributed by atoms with van der Waals surface area (Å²) in [6.07, 6.45) is 2.37. The van der Waals surface area contributed by atoms with Crippen molar-refractivity contribution < 1.29 is 0 Å². The van der Waals surface area contributed by atoms with Gasteiger partial charge in [0.1, 0.15) is 0 Å². The van der Waals surface area contributed by atoms with Crippen molar-refractivity contribution in [2.45, 2.75) is 38.6 Å². The average Bonchev–Trinajstić information content (AvgIpc) is 2.74. The van der Waals surface area contributed by atoms with Gasteiger partial charge in [0.15, 0.2) is 0 Å². The summed E-state index contributed by atoms with van der Waals surface area (Å²) in [4.78, 5) is 2.83. The van der Waals surface area contributed by atoms with Gasteiger partial charge in [-0.25, -0.2) is 0 Å². The second-order valence-corrected chi connectivity index (χ2v) is 7.65. The molecule has 1 aromatic carbocycles. The lowest BCUT2D eigenvalue weighted by Gasteiger charge is -2.37. The lowest BCUT2D eigenvalue weighted by molar-refractivity contribution is 0.416. The van der Waals surface area contributed by atoms with Gasteiger partial charge < -0.3 is 5.32 Å². The lowest BCUT2D eigenvalue weighted by atomic mass is 9.73. The summed E-state index contributed by atoms with van der Waals surface area (Å²) < 4.78 is 1.26. The second kappa shape index (κ2) is 6.00. The zero-order valence-electron chi connectivity index (χ0n) is 11.9. The SMILES string of the molecule is CCCNC(c1sc(C)cc1Br)C1Cc2ccccc21. The van der Waals surface area contributed by atoms with Crippen molar-refractivity contribution in [2.24, 2.45) is 0 Å². The van der Waals surface area contributed by atoms with Crippen LogP contribution >= 0.6 is 27.3 Å². The minimum atomic E-state index is 0.443. The van der Waals surface area contributed by atoms with Gasteiger partial charge in [-0.2, -0.15) is 0 Å². The van der Waals surface area contributed by atoms with Gasteiger partial charge in [0.05, 0.1) is 0 Å². The van der Waals surface area contributed by atoms with Crippen LogP contribution in [0, 0.1) is 6.92 Å². The first-order valence-corrected chi connectivity index (χ1v) is 8.88. The summed E-state index contributed by atoms with van der Waals surface area (Å²) in [6, 6.07) is 11.5. The number of rotatable bonds is 5. The van der Waals surface area contributed by atoms with E-state index in [9.17, 15) is 0 Å². The van der Waals surface area contributed by atoms with E-state index in [1.54, 1.807) is 0 Å². The van der Waals surface area contributed by atoms with E-state index >= 15 is 0 Å². The second-order valence-electron chi connectivity index (χ2n) is 5.51. The van der Waals surface area contributed by atoms with Gasteiger partial charge in [0.2, 0.25) is 0 Å². The van der Waals surface area contributed by atoms with Gasteiger partial charge in [0.25, 0.3) is 0 Å². The predicted molar refractivity (Wildman–Crippen MR) is 90.7 cm³/mol. The van der Waals surface area contributed by atoms with E-state index in [2.05, 4.69) is 65.4 Å². The molecule has 2 aromatic rings. The third-order valence-corrected chi connectivity index (χ3v) is 6.08. The highest BCUT2D eigenvalue weighted by Gasteiger charge is 2.34. The molecule has 3 rings (SSSR count). The van der Waals surface area contributed by atoms with Gasteiger partial charge in [0, 0.05) is 26.2 Å². The van der Waals surface area contributed by atoms with Crippen molar-refractivity contribution in [1.82, 2.24) is 5.32 Å². The average molecular weight is 350 g/mol. The van der Waals surface area contributed by atoms with Crippen LogP contribution in [0.1, 0.15) is 46.2 Å². The molecule has 1 aliphatic carbocycles. The molecule has 1 N–H and O–H groups in total. The molecule has 1 aromatic heterocycles. The van der Waals surface area contributed by atoms with Crippen LogP contribution in [0.5, 0.6) is 0 Å². The number of nitrogens with one attached hydrogen (secondary N) is 1. The Morgan fingerprint density at radius 3 is 2.85 bits per heavy atom. The highest BCUT2D eigenvalue weighted by atomic mass is 79.9. The molecular formula is C17H20BrNS. The summed E-state index contributed by atoms with van der Waals surface area (Å²) in [5, 5.41) is 3.76. The summed E-state index contributed by atoms with van der Waals surface area (Å²) in [5.74, 6) is 0.618. The fourth-order valence-corrected chi connectivity index (χ4v) is 5.06. The van der Waals surface area contributed by atoms with E-state index in [0.29, 0.717) is 12.0 Å². The van der Waals surface area contributed by atoms with Gasteiger partial charge in [-0.1, -0.05) is 31.2 Å². The molecule has 1 nitrogen and oxygen atoms in total. The van der Waals surface area contributed by atoms with Gasteiger partial charge in [-0.15, -0.1) is 11.3 Å². The summed E-state index contributed by atoms with van der Waals surface area (Å²) in [6.45, 7) is 5.49. The minimum Gasteiger partial charge on any atom is -0.309 e. The maximum absolute atomic E-state index is 3.76. The topological polar surface area (TPSA) is 12.0 Å². The van der Waals surface area contributed by atoms with Gasteiger partial charge in [-0.3, -0.25) is 0 Å². The molecule has 0 amide bonds. The minimum absolute atomic E-state index is 0.443. The molecular weight excluding hydrogens is 330 g/mol. The Bertz CT molecular complexity index is 605. The van der Waals surface area contributed by atoms with Crippen molar-refractivity contribution in [3.63, 3.8) is 0 Å². The predicted octanol–water partition coefficient (Wildman–Crippen LogP) is 5.20. The molecule has 0 aliphatic heterocycles. The maximum atomic E-state index is 3.76. The molecule has 1 heterocycles. The first-order chi connectivity index (χ1) is 9.70. The van der Waals surface area contributed by atoms with E-state index in [0.717, 1.165) is 6.54 Å². The van der Waals surface area contributed by atoms with Gasteiger partial charge >= 0.3 is 0 Å². The molecule has 3 heteroatoms.